The number of hydrogen-bond acceptors (Lipinski definition) is 3. The van der Waals surface area contributed by atoms with Crippen LogP contribution in [0.1, 0.15) is 26.7 Å². The van der Waals surface area contributed by atoms with Gasteiger partial charge in [-0.1, -0.05) is 6.58 Å². The largest absolute Gasteiger partial charge is 0.351 e. The van der Waals surface area contributed by atoms with Crippen molar-refractivity contribution in [1.82, 2.24) is 10.3 Å². The van der Waals surface area contributed by atoms with Crippen LogP contribution in [0.3, 0.4) is 0 Å². The highest BCUT2D eigenvalue weighted by Gasteiger charge is 2.13. The number of hydrogen-bond donors (Lipinski definition) is 1. The van der Waals surface area contributed by atoms with Crippen LogP contribution < -0.4 is 5.32 Å². The monoisotopic (exact) mass is 195 g/mol. The molecular formula is C10H17N3O. The van der Waals surface area contributed by atoms with Gasteiger partial charge in [-0.25, -0.2) is 0 Å². The minimum Gasteiger partial charge on any atom is -0.351 e. The Hall–Kier alpha value is -1.32. The molecule has 0 aromatic rings. The lowest BCUT2D eigenvalue weighted by Crippen LogP contribution is -2.27. The first-order valence-corrected chi connectivity index (χ1v) is 4.83. The third-order valence-corrected chi connectivity index (χ3v) is 2.08. The van der Waals surface area contributed by atoms with E-state index >= 15 is 0 Å². The second-order valence-corrected chi connectivity index (χ2v) is 3.54. The number of amides is 1. The summed E-state index contributed by atoms with van der Waals surface area (Å²) in [5.74, 6) is -0.0280. The van der Waals surface area contributed by atoms with Crippen LogP contribution in [0, 0.1) is 0 Å². The fourth-order valence-electron chi connectivity index (χ4n) is 1.33. The van der Waals surface area contributed by atoms with E-state index in [9.17, 15) is 4.79 Å². The van der Waals surface area contributed by atoms with E-state index in [4.69, 9.17) is 0 Å². The third-order valence-electron chi connectivity index (χ3n) is 2.08. The summed E-state index contributed by atoms with van der Waals surface area (Å²) < 4.78 is 0. The first-order chi connectivity index (χ1) is 6.59. The first kappa shape index (κ1) is 10.8. The predicted octanol–water partition coefficient (Wildman–Crippen LogP) is 1.11. The molecule has 4 heteroatoms. The molecule has 1 amide bonds. The van der Waals surface area contributed by atoms with Gasteiger partial charge in [0, 0.05) is 19.2 Å². The summed E-state index contributed by atoms with van der Waals surface area (Å²) in [6.45, 7) is 8.78. The van der Waals surface area contributed by atoms with Crippen molar-refractivity contribution < 1.29 is 4.79 Å². The van der Waals surface area contributed by atoms with E-state index in [2.05, 4.69) is 17.0 Å². The predicted molar refractivity (Wildman–Crippen MR) is 56.9 cm³/mol. The van der Waals surface area contributed by atoms with E-state index in [1.807, 2.05) is 11.9 Å². The van der Waals surface area contributed by atoms with Gasteiger partial charge in [-0.3, -0.25) is 9.80 Å². The van der Waals surface area contributed by atoms with E-state index in [0.717, 1.165) is 30.8 Å². The van der Waals surface area contributed by atoms with Crippen molar-refractivity contribution in [3.05, 3.63) is 12.3 Å². The molecule has 0 unspecified atom stereocenters. The fraction of sp³-hybridized carbons (Fsp3) is 0.600. The highest BCUT2D eigenvalue weighted by atomic mass is 16.1. The molecule has 0 aliphatic carbocycles. The summed E-state index contributed by atoms with van der Waals surface area (Å²) in [6, 6.07) is 0. The number of carbonyl (C=O) groups excluding carboxylic acids is 1. The van der Waals surface area contributed by atoms with Crippen LogP contribution in [0.25, 0.3) is 0 Å². The molecule has 14 heavy (non-hydrogen) atoms. The average molecular weight is 195 g/mol. The van der Waals surface area contributed by atoms with Crippen LogP contribution in [0.15, 0.2) is 17.4 Å². The zero-order chi connectivity index (χ0) is 10.6. The number of nitrogens with zero attached hydrogens (tertiary/aromatic N) is 2. The molecule has 0 aromatic heterocycles. The van der Waals surface area contributed by atoms with Crippen molar-refractivity contribution >= 4 is 11.6 Å². The quantitative estimate of drug-likeness (QED) is 0.685. The van der Waals surface area contributed by atoms with E-state index in [1.54, 1.807) is 0 Å². The van der Waals surface area contributed by atoms with Crippen molar-refractivity contribution in [1.29, 1.82) is 0 Å². The summed E-state index contributed by atoms with van der Waals surface area (Å²) in [6.07, 6.45) is 2.15. The van der Waals surface area contributed by atoms with Gasteiger partial charge < -0.3 is 5.32 Å². The Balaban J connectivity index is 2.42. The van der Waals surface area contributed by atoms with Gasteiger partial charge in [-0.2, -0.15) is 5.10 Å². The maximum Gasteiger partial charge on any atom is 0.217 e. The van der Waals surface area contributed by atoms with Crippen molar-refractivity contribution in [3.8, 4) is 0 Å². The number of allylic oxidation sites excluding steroid dienone is 1. The minimum absolute atomic E-state index is 0.0280. The Morgan fingerprint density at radius 2 is 2.36 bits per heavy atom. The summed E-state index contributed by atoms with van der Waals surface area (Å²) in [5.41, 5.74) is 1.97. The maximum absolute atomic E-state index is 10.7. The topological polar surface area (TPSA) is 44.7 Å². The van der Waals surface area contributed by atoms with Gasteiger partial charge in [0.2, 0.25) is 5.91 Å². The SMILES string of the molecule is C=C1CCCN1/N=C(\C)CNC(C)=O. The number of nitrogens with one attached hydrogen (secondary N) is 1. The van der Waals surface area contributed by atoms with Gasteiger partial charge in [0.05, 0.1) is 12.3 Å². The van der Waals surface area contributed by atoms with Gasteiger partial charge in [0.25, 0.3) is 0 Å². The molecule has 0 spiro atoms. The Morgan fingerprint density at radius 3 is 2.86 bits per heavy atom. The molecule has 0 aromatic carbocycles. The molecule has 1 saturated heterocycles. The standard InChI is InChI=1S/C10H17N3O/c1-8(7-11-10(3)14)12-13-6-4-5-9(13)2/h2,4-7H2,1,3H3,(H,11,14)/b12-8+. The van der Waals surface area contributed by atoms with Crippen LogP contribution in [-0.2, 0) is 4.79 Å². The summed E-state index contributed by atoms with van der Waals surface area (Å²) in [7, 11) is 0. The Bertz CT molecular complexity index is 271. The van der Waals surface area contributed by atoms with Crippen LogP contribution in [0.4, 0.5) is 0 Å². The van der Waals surface area contributed by atoms with Crippen LogP contribution >= 0.6 is 0 Å². The van der Waals surface area contributed by atoms with Crippen molar-refractivity contribution in [2.75, 3.05) is 13.1 Å². The Kier molecular flexibility index (Phi) is 3.68. The van der Waals surface area contributed by atoms with Gasteiger partial charge >= 0.3 is 0 Å². The molecule has 0 atom stereocenters. The molecule has 4 nitrogen and oxygen atoms in total. The highest BCUT2D eigenvalue weighted by Crippen LogP contribution is 2.18. The van der Waals surface area contributed by atoms with Gasteiger partial charge in [-0.15, -0.1) is 0 Å². The molecule has 0 saturated carbocycles. The average Bonchev–Trinajstić information content (AvgIpc) is 2.49. The van der Waals surface area contributed by atoms with Gasteiger partial charge in [-0.05, 0) is 19.8 Å². The summed E-state index contributed by atoms with van der Waals surface area (Å²) in [5, 5.41) is 8.99. The zero-order valence-electron chi connectivity index (χ0n) is 8.84. The van der Waals surface area contributed by atoms with Crippen molar-refractivity contribution in [3.63, 3.8) is 0 Å². The number of hydrazone groups is 1. The van der Waals surface area contributed by atoms with Crippen LogP contribution in [-0.4, -0.2) is 29.7 Å². The lowest BCUT2D eigenvalue weighted by molar-refractivity contribution is -0.118. The summed E-state index contributed by atoms with van der Waals surface area (Å²) >= 11 is 0. The third kappa shape index (κ3) is 3.20. The fourth-order valence-corrected chi connectivity index (χ4v) is 1.33. The normalized spacial score (nSPS) is 17.4. The molecule has 1 fully saturated rings. The minimum atomic E-state index is -0.0280. The van der Waals surface area contributed by atoms with Gasteiger partial charge in [0.15, 0.2) is 0 Å². The molecule has 1 N–H and O–H groups in total. The van der Waals surface area contributed by atoms with E-state index in [1.165, 1.54) is 6.92 Å². The number of carbonyl (C=O) groups is 1. The molecular weight excluding hydrogens is 178 g/mol. The van der Waals surface area contributed by atoms with Crippen molar-refractivity contribution in [2.45, 2.75) is 26.7 Å². The van der Waals surface area contributed by atoms with E-state index in [0.29, 0.717) is 6.54 Å². The lowest BCUT2D eigenvalue weighted by atomic mass is 10.3. The number of rotatable bonds is 3. The molecule has 0 bridgehead atoms. The summed E-state index contributed by atoms with van der Waals surface area (Å²) in [4.78, 5) is 10.7. The van der Waals surface area contributed by atoms with E-state index < -0.39 is 0 Å². The second kappa shape index (κ2) is 4.79. The molecule has 1 rings (SSSR count). The van der Waals surface area contributed by atoms with E-state index in [-0.39, 0.29) is 5.91 Å². The zero-order valence-corrected chi connectivity index (χ0v) is 8.84. The van der Waals surface area contributed by atoms with Gasteiger partial charge in [0.1, 0.15) is 0 Å². The molecule has 1 heterocycles. The van der Waals surface area contributed by atoms with Crippen LogP contribution in [0.2, 0.25) is 0 Å². The Morgan fingerprint density at radius 1 is 1.64 bits per heavy atom. The highest BCUT2D eigenvalue weighted by molar-refractivity contribution is 5.87. The maximum atomic E-state index is 10.7. The molecule has 78 valence electrons. The Labute approximate surface area is 84.7 Å². The van der Waals surface area contributed by atoms with Crippen molar-refractivity contribution in [2.24, 2.45) is 5.10 Å². The smallest absolute Gasteiger partial charge is 0.217 e. The second-order valence-electron chi connectivity index (χ2n) is 3.54. The molecule has 0 radical (unpaired) electrons. The molecule has 1 aliphatic heterocycles. The lowest BCUT2D eigenvalue weighted by Gasteiger charge is -2.13. The molecule has 1 aliphatic rings. The first-order valence-electron chi connectivity index (χ1n) is 4.83. The van der Waals surface area contributed by atoms with Crippen LogP contribution in [0.5, 0.6) is 0 Å².